The normalized spacial score (nSPS) is 10.5. The van der Waals surface area contributed by atoms with Gasteiger partial charge in [-0.3, -0.25) is 20.4 Å². The fraction of sp³-hybridized carbons (Fsp3) is 0.0588. The molecule has 0 saturated heterocycles. The molecule has 0 bridgehead atoms. The molecule has 0 aliphatic heterocycles. The van der Waals surface area contributed by atoms with Gasteiger partial charge in [0, 0.05) is 11.1 Å². The predicted molar refractivity (Wildman–Crippen MR) is 102 cm³/mol. The van der Waals surface area contributed by atoms with E-state index < -0.39 is 18.1 Å². The highest BCUT2D eigenvalue weighted by Crippen LogP contribution is 2.17. The second-order valence-electron chi connectivity index (χ2n) is 5.38. The lowest BCUT2D eigenvalue weighted by Crippen LogP contribution is -2.44. The number of nitrogens with zero attached hydrogens (tertiary/aromatic N) is 1. The number of rotatable bonds is 4. The Labute approximate surface area is 161 Å². The van der Waals surface area contributed by atoms with Crippen LogP contribution in [0.4, 0.5) is 14.5 Å². The van der Waals surface area contributed by atoms with E-state index in [4.69, 9.17) is 12.2 Å². The molecule has 0 atom stereocenters. The Morgan fingerprint density at radius 2 is 1.75 bits per heavy atom. The third-order valence-corrected chi connectivity index (χ3v) is 3.74. The number of benzene rings is 2. The van der Waals surface area contributed by atoms with Crippen LogP contribution in [0.2, 0.25) is 0 Å². The highest BCUT2D eigenvalue weighted by Gasteiger charge is 2.14. The number of hydrogen-bond donors (Lipinski definition) is 4. The molecule has 0 aliphatic rings. The number of ether oxygens (including phenoxy) is 1. The van der Waals surface area contributed by atoms with E-state index in [1.807, 2.05) is 0 Å². The molecule has 28 heavy (non-hydrogen) atoms. The first-order valence-corrected chi connectivity index (χ1v) is 8.24. The number of carbonyl (C=O) groups excluding carboxylic acids is 1. The van der Waals surface area contributed by atoms with Crippen molar-refractivity contribution in [2.75, 3.05) is 5.32 Å². The van der Waals surface area contributed by atoms with Crippen LogP contribution in [0.25, 0.3) is 10.8 Å². The number of thiocarbonyl (C=S) groups is 1. The number of hydrogen-bond acceptors (Lipinski definition) is 5. The van der Waals surface area contributed by atoms with Crippen molar-refractivity contribution < 1.29 is 18.3 Å². The summed E-state index contributed by atoms with van der Waals surface area (Å²) in [6.45, 7) is -2.91. The SMILES string of the molecule is O=C(NNC(=S)Nc1ccc(OC(F)F)cc1)c1n[nH]c(=O)c2ccccc12. The molecule has 0 fully saturated rings. The minimum absolute atomic E-state index is 0.00347. The van der Waals surface area contributed by atoms with Crippen molar-refractivity contribution in [3.05, 3.63) is 64.6 Å². The van der Waals surface area contributed by atoms with Gasteiger partial charge in [0.2, 0.25) is 0 Å². The van der Waals surface area contributed by atoms with Crippen molar-refractivity contribution in [2.24, 2.45) is 0 Å². The number of alkyl halides is 2. The topological polar surface area (TPSA) is 108 Å². The van der Waals surface area contributed by atoms with E-state index in [0.29, 0.717) is 16.5 Å². The molecule has 3 aromatic rings. The Bertz CT molecular complexity index is 1070. The van der Waals surface area contributed by atoms with E-state index >= 15 is 0 Å². The molecule has 0 aliphatic carbocycles. The maximum Gasteiger partial charge on any atom is 0.387 e. The van der Waals surface area contributed by atoms with E-state index in [1.54, 1.807) is 24.3 Å². The summed E-state index contributed by atoms with van der Waals surface area (Å²) in [5.41, 5.74) is 4.95. The molecular weight excluding hydrogens is 392 g/mol. The summed E-state index contributed by atoms with van der Waals surface area (Å²) < 4.78 is 28.5. The third-order valence-electron chi connectivity index (χ3n) is 3.54. The Kier molecular flexibility index (Phi) is 5.75. The summed E-state index contributed by atoms with van der Waals surface area (Å²) in [6.07, 6.45) is 0. The smallest absolute Gasteiger partial charge is 0.387 e. The van der Waals surface area contributed by atoms with Crippen LogP contribution in [0.1, 0.15) is 10.5 Å². The summed E-state index contributed by atoms with van der Waals surface area (Å²) in [4.78, 5) is 24.1. The number of H-pyrrole nitrogens is 1. The number of anilines is 1. The molecule has 3 rings (SSSR count). The first-order chi connectivity index (χ1) is 13.4. The van der Waals surface area contributed by atoms with Gasteiger partial charge < -0.3 is 10.1 Å². The molecule has 0 unspecified atom stereocenters. The molecule has 0 saturated carbocycles. The Morgan fingerprint density at radius 3 is 2.43 bits per heavy atom. The van der Waals surface area contributed by atoms with Gasteiger partial charge in [0.05, 0.1) is 5.39 Å². The van der Waals surface area contributed by atoms with Gasteiger partial charge in [-0.1, -0.05) is 18.2 Å². The molecule has 2 aromatic carbocycles. The summed E-state index contributed by atoms with van der Waals surface area (Å²) in [5, 5.41) is 9.56. The standard InChI is InChI=1S/C17H13F2N5O3S/c18-16(19)27-10-7-5-9(6-8-10)20-17(28)24-23-15(26)13-11-3-1-2-4-12(11)14(25)22-21-13/h1-8,16H,(H,22,25)(H,23,26)(H2,20,24,28). The van der Waals surface area contributed by atoms with Gasteiger partial charge in [-0.2, -0.15) is 13.9 Å². The summed E-state index contributed by atoms with van der Waals surface area (Å²) in [5.74, 6) is -0.610. The van der Waals surface area contributed by atoms with Crippen LogP contribution < -0.4 is 26.5 Å². The maximum atomic E-state index is 12.3. The van der Waals surface area contributed by atoms with Crippen LogP contribution in [0, 0.1) is 0 Å². The zero-order valence-corrected chi connectivity index (χ0v) is 14.8. The number of fused-ring (bicyclic) bond motifs is 1. The molecule has 0 radical (unpaired) electrons. The highest BCUT2D eigenvalue weighted by molar-refractivity contribution is 7.80. The van der Waals surface area contributed by atoms with Gasteiger partial charge in [0.25, 0.3) is 11.5 Å². The third kappa shape index (κ3) is 4.57. The number of amides is 1. The van der Waals surface area contributed by atoms with Gasteiger partial charge in [-0.05, 0) is 42.5 Å². The van der Waals surface area contributed by atoms with Crippen LogP contribution in [0.5, 0.6) is 5.75 Å². The molecule has 1 aromatic heterocycles. The first kappa shape index (κ1) is 19.2. The quantitative estimate of drug-likeness (QED) is 0.389. The number of aromatic nitrogens is 2. The molecule has 1 heterocycles. The van der Waals surface area contributed by atoms with Crippen LogP contribution in [0.15, 0.2) is 53.3 Å². The highest BCUT2D eigenvalue weighted by atomic mass is 32.1. The van der Waals surface area contributed by atoms with Gasteiger partial charge in [0.15, 0.2) is 10.8 Å². The maximum absolute atomic E-state index is 12.3. The van der Waals surface area contributed by atoms with E-state index in [1.165, 1.54) is 24.3 Å². The molecule has 8 nitrogen and oxygen atoms in total. The van der Waals surface area contributed by atoms with E-state index in [0.717, 1.165) is 0 Å². The van der Waals surface area contributed by atoms with E-state index in [9.17, 15) is 18.4 Å². The summed E-state index contributed by atoms with van der Waals surface area (Å²) >= 11 is 5.06. The lowest BCUT2D eigenvalue weighted by atomic mass is 10.1. The van der Waals surface area contributed by atoms with Crippen molar-refractivity contribution in [3.63, 3.8) is 0 Å². The second kappa shape index (κ2) is 8.39. The van der Waals surface area contributed by atoms with Crippen molar-refractivity contribution in [1.29, 1.82) is 0 Å². The monoisotopic (exact) mass is 405 g/mol. The summed E-state index contributed by atoms with van der Waals surface area (Å²) in [7, 11) is 0. The predicted octanol–water partition coefficient (Wildman–Crippen LogP) is 2.16. The van der Waals surface area contributed by atoms with E-state index in [2.05, 4.69) is 31.1 Å². The number of hydrazine groups is 1. The minimum atomic E-state index is -2.91. The zero-order chi connectivity index (χ0) is 20.1. The van der Waals surface area contributed by atoms with Crippen molar-refractivity contribution in [3.8, 4) is 5.75 Å². The lowest BCUT2D eigenvalue weighted by molar-refractivity contribution is -0.0498. The van der Waals surface area contributed by atoms with Gasteiger partial charge in [-0.15, -0.1) is 0 Å². The first-order valence-electron chi connectivity index (χ1n) is 7.83. The minimum Gasteiger partial charge on any atom is -0.435 e. The van der Waals surface area contributed by atoms with Gasteiger partial charge in [-0.25, -0.2) is 5.10 Å². The Balaban J connectivity index is 1.61. The van der Waals surface area contributed by atoms with Crippen LogP contribution in [-0.4, -0.2) is 27.8 Å². The Hall–Kier alpha value is -3.60. The fourth-order valence-electron chi connectivity index (χ4n) is 2.34. The summed E-state index contributed by atoms with van der Waals surface area (Å²) in [6, 6.07) is 12.2. The van der Waals surface area contributed by atoms with E-state index in [-0.39, 0.29) is 16.6 Å². The Morgan fingerprint density at radius 1 is 1.07 bits per heavy atom. The molecule has 0 spiro atoms. The van der Waals surface area contributed by atoms with Gasteiger partial charge in [0.1, 0.15) is 5.75 Å². The second-order valence-corrected chi connectivity index (χ2v) is 5.79. The number of halogens is 2. The number of aromatic amines is 1. The largest absolute Gasteiger partial charge is 0.435 e. The van der Waals surface area contributed by atoms with Crippen molar-refractivity contribution in [1.82, 2.24) is 21.0 Å². The average molecular weight is 405 g/mol. The van der Waals surface area contributed by atoms with Crippen LogP contribution in [-0.2, 0) is 0 Å². The number of nitrogens with one attached hydrogen (secondary N) is 4. The molecule has 1 amide bonds. The van der Waals surface area contributed by atoms with Crippen LogP contribution in [0.3, 0.4) is 0 Å². The van der Waals surface area contributed by atoms with Gasteiger partial charge >= 0.3 is 6.61 Å². The zero-order valence-electron chi connectivity index (χ0n) is 14.0. The fourth-order valence-corrected chi connectivity index (χ4v) is 2.51. The van der Waals surface area contributed by atoms with Crippen molar-refractivity contribution >= 4 is 39.7 Å². The lowest BCUT2D eigenvalue weighted by Gasteiger charge is -2.12. The molecular formula is C17H13F2N5O3S. The molecule has 144 valence electrons. The molecule has 11 heteroatoms. The molecule has 4 N–H and O–H groups in total. The average Bonchev–Trinajstić information content (AvgIpc) is 2.68. The van der Waals surface area contributed by atoms with Crippen molar-refractivity contribution in [2.45, 2.75) is 6.61 Å². The number of carbonyl (C=O) groups is 1. The van der Waals surface area contributed by atoms with Crippen LogP contribution >= 0.6 is 12.2 Å².